The summed E-state index contributed by atoms with van der Waals surface area (Å²) in [7, 11) is 0. The molecule has 0 aromatic rings. The number of carbonyl (C=O) groups is 2. The maximum absolute atomic E-state index is 10.4. The standard InChI is InChI=1S/C7H11ClO2/c1-5(7(8)10)3-4-6(2)9/h5H,3-4H2,1-2H3. The Morgan fingerprint density at radius 3 is 2.30 bits per heavy atom. The van der Waals surface area contributed by atoms with Gasteiger partial charge in [0.2, 0.25) is 5.24 Å². The van der Waals surface area contributed by atoms with Gasteiger partial charge in [0.25, 0.3) is 0 Å². The van der Waals surface area contributed by atoms with Crippen LogP contribution in [0, 0.1) is 5.92 Å². The van der Waals surface area contributed by atoms with Crippen molar-refractivity contribution in [1.82, 2.24) is 0 Å². The van der Waals surface area contributed by atoms with Gasteiger partial charge in [0, 0.05) is 12.3 Å². The van der Waals surface area contributed by atoms with Crippen molar-refractivity contribution in [3.8, 4) is 0 Å². The van der Waals surface area contributed by atoms with Gasteiger partial charge in [-0.15, -0.1) is 0 Å². The monoisotopic (exact) mass is 162 g/mol. The second-order valence-electron chi connectivity index (χ2n) is 2.45. The van der Waals surface area contributed by atoms with E-state index in [1.165, 1.54) is 6.92 Å². The Labute approximate surface area is 65.6 Å². The molecule has 0 fully saturated rings. The van der Waals surface area contributed by atoms with Gasteiger partial charge in [-0.3, -0.25) is 4.79 Å². The van der Waals surface area contributed by atoms with Crippen LogP contribution in [-0.4, -0.2) is 11.0 Å². The molecule has 10 heavy (non-hydrogen) atoms. The second-order valence-corrected chi connectivity index (χ2v) is 2.82. The first kappa shape index (κ1) is 9.63. The summed E-state index contributed by atoms with van der Waals surface area (Å²) in [5, 5.41) is -0.360. The van der Waals surface area contributed by atoms with Gasteiger partial charge in [0.1, 0.15) is 5.78 Å². The second kappa shape index (κ2) is 4.45. The third-order valence-electron chi connectivity index (χ3n) is 1.32. The van der Waals surface area contributed by atoms with Gasteiger partial charge in [-0.25, -0.2) is 0 Å². The van der Waals surface area contributed by atoms with Crippen LogP contribution in [0.25, 0.3) is 0 Å². The van der Waals surface area contributed by atoms with Gasteiger partial charge >= 0.3 is 0 Å². The lowest BCUT2D eigenvalue weighted by atomic mass is 10.1. The van der Waals surface area contributed by atoms with Crippen LogP contribution in [-0.2, 0) is 9.59 Å². The zero-order valence-electron chi connectivity index (χ0n) is 6.19. The van der Waals surface area contributed by atoms with E-state index in [1.807, 2.05) is 0 Å². The molecule has 58 valence electrons. The summed E-state index contributed by atoms with van der Waals surface area (Å²) in [5.41, 5.74) is 0. The molecule has 1 unspecified atom stereocenters. The Morgan fingerprint density at radius 1 is 1.50 bits per heavy atom. The highest BCUT2D eigenvalue weighted by Gasteiger charge is 2.09. The van der Waals surface area contributed by atoms with Gasteiger partial charge in [-0.05, 0) is 24.9 Å². The minimum Gasteiger partial charge on any atom is -0.300 e. The summed E-state index contributed by atoms with van der Waals surface area (Å²) in [6.07, 6.45) is 1.01. The van der Waals surface area contributed by atoms with Crippen LogP contribution in [0.2, 0.25) is 0 Å². The van der Waals surface area contributed by atoms with Gasteiger partial charge in [0.15, 0.2) is 0 Å². The topological polar surface area (TPSA) is 34.1 Å². The van der Waals surface area contributed by atoms with E-state index in [1.54, 1.807) is 6.92 Å². The average molecular weight is 163 g/mol. The van der Waals surface area contributed by atoms with Gasteiger partial charge in [0.05, 0.1) is 0 Å². The molecule has 0 saturated heterocycles. The number of ketones is 1. The molecule has 0 aliphatic heterocycles. The maximum atomic E-state index is 10.4. The molecule has 3 heteroatoms. The van der Waals surface area contributed by atoms with E-state index in [4.69, 9.17) is 11.6 Å². The van der Waals surface area contributed by atoms with E-state index in [9.17, 15) is 9.59 Å². The number of hydrogen-bond acceptors (Lipinski definition) is 2. The fourth-order valence-electron chi connectivity index (χ4n) is 0.533. The number of carbonyl (C=O) groups excluding carboxylic acids is 2. The van der Waals surface area contributed by atoms with Crippen molar-refractivity contribution >= 4 is 22.6 Å². The molecule has 0 spiro atoms. The molecule has 1 atom stereocenters. The molecule has 0 bridgehead atoms. The van der Waals surface area contributed by atoms with Gasteiger partial charge in [-0.1, -0.05) is 6.92 Å². The first-order chi connectivity index (χ1) is 4.54. The fraction of sp³-hybridized carbons (Fsp3) is 0.714. The van der Waals surface area contributed by atoms with Crippen LogP contribution in [0.1, 0.15) is 26.7 Å². The highest BCUT2D eigenvalue weighted by molar-refractivity contribution is 6.63. The molecule has 0 N–H and O–H groups in total. The van der Waals surface area contributed by atoms with Crippen LogP contribution >= 0.6 is 11.6 Å². The molecule has 0 aromatic heterocycles. The molecule has 0 heterocycles. The van der Waals surface area contributed by atoms with Crippen LogP contribution in [0.3, 0.4) is 0 Å². The van der Waals surface area contributed by atoms with E-state index < -0.39 is 0 Å². The summed E-state index contributed by atoms with van der Waals surface area (Å²) in [6.45, 7) is 3.23. The summed E-state index contributed by atoms with van der Waals surface area (Å²) in [5.74, 6) is -0.0877. The Morgan fingerprint density at radius 2 is 2.00 bits per heavy atom. The Balaban J connectivity index is 3.49. The Kier molecular flexibility index (Phi) is 4.28. The first-order valence-corrected chi connectivity index (χ1v) is 3.60. The van der Waals surface area contributed by atoms with Gasteiger partial charge in [-0.2, -0.15) is 0 Å². The fourth-order valence-corrected chi connectivity index (χ4v) is 0.642. The van der Waals surface area contributed by atoms with E-state index in [-0.39, 0.29) is 16.9 Å². The zero-order chi connectivity index (χ0) is 8.15. The van der Waals surface area contributed by atoms with Crippen LogP contribution in [0.4, 0.5) is 0 Å². The van der Waals surface area contributed by atoms with E-state index in [2.05, 4.69) is 0 Å². The molecule has 0 radical (unpaired) electrons. The number of rotatable bonds is 4. The lowest BCUT2D eigenvalue weighted by molar-refractivity contribution is -0.118. The van der Waals surface area contributed by atoms with Crippen molar-refractivity contribution in [3.05, 3.63) is 0 Å². The SMILES string of the molecule is CC(=O)CCC(C)C(=O)Cl. The molecule has 0 amide bonds. The molecule has 2 nitrogen and oxygen atoms in total. The average Bonchev–Trinajstić information content (AvgIpc) is 1.82. The minimum atomic E-state index is -0.360. The van der Waals surface area contributed by atoms with Crippen molar-refractivity contribution in [2.24, 2.45) is 5.92 Å². The van der Waals surface area contributed by atoms with Crippen LogP contribution in [0.5, 0.6) is 0 Å². The lowest BCUT2D eigenvalue weighted by Gasteiger charge is -2.01. The normalized spacial score (nSPS) is 12.7. The van der Waals surface area contributed by atoms with Crippen molar-refractivity contribution in [1.29, 1.82) is 0 Å². The Hall–Kier alpha value is -0.370. The maximum Gasteiger partial charge on any atom is 0.224 e. The number of hydrogen-bond donors (Lipinski definition) is 0. The van der Waals surface area contributed by atoms with E-state index in [0.29, 0.717) is 12.8 Å². The predicted molar refractivity (Wildman–Crippen MR) is 39.9 cm³/mol. The van der Waals surface area contributed by atoms with Crippen molar-refractivity contribution in [2.45, 2.75) is 26.7 Å². The third kappa shape index (κ3) is 4.50. The van der Waals surface area contributed by atoms with E-state index >= 15 is 0 Å². The van der Waals surface area contributed by atoms with E-state index in [0.717, 1.165) is 0 Å². The van der Waals surface area contributed by atoms with Crippen molar-refractivity contribution < 1.29 is 9.59 Å². The molecular weight excluding hydrogens is 152 g/mol. The summed E-state index contributed by atoms with van der Waals surface area (Å²) in [6, 6.07) is 0. The number of Topliss-reactive ketones (excluding diaryl/α,β-unsaturated/α-hetero) is 1. The highest BCUT2D eigenvalue weighted by Crippen LogP contribution is 2.08. The van der Waals surface area contributed by atoms with Crippen molar-refractivity contribution in [3.63, 3.8) is 0 Å². The summed E-state index contributed by atoms with van der Waals surface area (Å²) < 4.78 is 0. The summed E-state index contributed by atoms with van der Waals surface area (Å²) in [4.78, 5) is 20.8. The quantitative estimate of drug-likeness (QED) is 0.591. The largest absolute Gasteiger partial charge is 0.300 e. The molecule has 0 aliphatic rings. The molecule has 0 aromatic carbocycles. The zero-order valence-corrected chi connectivity index (χ0v) is 6.94. The Bertz CT molecular complexity index is 143. The third-order valence-corrected chi connectivity index (χ3v) is 1.69. The molecule has 0 rings (SSSR count). The minimum absolute atomic E-state index is 0.102. The van der Waals surface area contributed by atoms with Crippen LogP contribution < -0.4 is 0 Å². The molecule has 0 aliphatic carbocycles. The summed E-state index contributed by atoms with van der Waals surface area (Å²) >= 11 is 5.16. The van der Waals surface area contributed by atoms with Gasteiger partial charge < -0.3 is 4.79 Å². The van der Waals surface area contributed by atoms with Crippen LogP contribution in [0.15, 0.2) is 0 Å². The predicted octanol–water partition coefficient (Wildman–Crippen LogP) is 1.76. The lowest BCUT2D eigenvalue weighted by Crippen LogP contribution is -2.05. The molecular formula is C7H11ClO2. The molecule has 0 saturated carbocycles. The number of halogens is 1. The first-order valence-electron chi connectivity index (χ1n) is 3.23. The highest BCUT2D eigenvalue weighted by atomic mass is 35.5. The smallest absolute Gasteiger partial charge is 0.224 e. The van der Waals surface area contributed by atoms with Crippen molar-refractivity contribution in [2.75, 3.05) is 0 Å².